The zero-order chi connectivity index (χ0) is 18.8. The number of carbonyl (C=O) groups excluding carboxylic acids is 6. The van der Waals surface area contributed by atoms with Crippen LogP contribution in [0.3, 0.4) is 0 Å². The molecule has 0 aliphatic heterocycles. The van der Waals surface area contributed by atoms with Crippen LogP contribution in [-0.4, -0.2) is 40.7 Å². The molecule has 2 aromatic rings. The van der Waals surface area contributed by atoms with E-state index in [9.17, 15) is 0 Å². The summed E-state index contributed by atoms with van der Waals surface area (Å²) < 4.78 is 0. The smallest absolute Gasteiger partial charge is 0.545 e. The maximum absolute atomic E-state index is 7.75. The first kappa shape index (κ1) is 43.0. The van der Waals surface area contributed by atoms with Gasteiger partial charge in [0, 0.05) is 0 Å². The van der Waals surface area contributed by atoms with Crippen molar-refractivity contribution in [3.05, 3.63) is 48.5 Å². The Kier molecular flexibility index (Phi) is 105. The topological polar surface area (TPSA) is 102 Å². The summed E-state index contributed by atoms with van der Waals surface area (Å²) in [6, 6.07) is 16.7. The van der Waals surface area contributed by atoms with E-state index in [0.717, 1.165) is 0 Å². The molecule has 0 radical (unpaired) electrons. The summed E-state index contributed by atoms with van der Waals surface area (Å²) in [7, 11) is 0. The van der Waals surface area contributed by atoms with Crippen molar-refractivity contribution in [3.8, 4) is 11.1 Å². The SMILES string of the molecule is [CH-]=O.[CH-]=O.[CH-]=O.[CH-]=O.[CH-]=O.[CH-]=O.[Fe+4].[Fe+4].c1cc(-c2cc[cH-]c2)c[cH-]1. The average Bonchev–Trinajstić information content (AvgIpc) is 3.39. The van der Waals surface area contributed by atoms with Crippen LogP contribution < -0.4 is 0 Å². The molecule has 130 valence electrons. The van der Waals surface area contributed by atoms with E-state index in [0.29, 0.717) is 0 Å². The van der Waals surface area contributed by atoms with Gasteiger partial charge in [-0.1, -0.05) is 0 Å². The van der Waals surface area contributed by atoms with Crippen LogP contribution >= 0.6 is 0 Å². The Morgan fingerprint density at radius 2 is 0.708 bits per heavy atom. The quantitative estimate of drug-likeness (QED) is 0.394. The fourth-order valence-corrected chi connectivity index (χ4v) is 1.13. The molecule has 6 nitrogen and oxygen atoms in total. The monoisotopic (exact) mass is 414 g/mol. The summed E-state index contributed by atoms with van der Waals surface area (Å²) in [5.41, 5.74) is 2.62. The molecule has 0 aliphatic rings. The molecule has 2 rings (SSSR count). The minimum atomic E-state index is 0. The van der Waals surface area contributed by atoms with E-state index in [4.69, 9.17) is 28.8 Å². The molecule has 0 atom stereocenters. The fourth-order valence-electron chi connectivity index (χ4n) is 1.13. The summed E-state index contributed by atoms with van der Waals surface area (Å²) in [6.45, 7) is 19.5. The van der Waals surface area contributed by atoms with E-state index in [-0.39, 0.29) is 34.1 Å². The van der Waals surface area contributed by atoms with Gasteiger partial charge in [-0.05, 0) is 0 Å². The van der Waals surface area contributed by atoms with Crippen LogP contribution in [0.15, 0.2) is 48.5 Å². The normalized spacial score (nSPS) is 5.17. The third kappa shape index (κ3) is 28.0. The van der Waals surface area contributed by atoms with Gasteiger partial charge in [0.15, 0.2) is 0 Å². The fraction of sp³-hybridized carbons (Fsp3) is 0. The maximum Gasteiger partial charge on any atom is 4.00 e. The predicted molar refractivity (Wildman–Crippen MR) is 83.6 cm³/mol. The molecular formula is C16H14Fe2O6. The molecule has 0 N–H and O–H groups in total. The van der Waals surface area contributed by atoms with Gasteiger partial charge in [0.2, 0.25) is 0 Å². The van der Waals surface area contributed by atoms with Crippen molar-refractivity contribution >= 4 is 40.7 Å². The molecule has 2 aromatic carbocycles. The van der Waals surface area contributed by atoms with Gasteiger partial charge in [-0.3, -0.25) is 40.7 Å². The predicted octanol–water partition coefficient (Wildman–Crippen LogP) is 1.14. The zero-order valence-electron chi connectivity index (χ0n) is 12.2. The van der Waals surface area contributed by atoms with Crippen LogP contribution in [-0.2, 0) is 62.9 Å². The van der Waals surface area contributed by atoms with Crippen molar-refractivity contribution in [1.29, 1.82) is 0 Å². The van der Waals surface area contributed by atoms with Gasteiger partial charge in [-0.2, -0.15) is 36.4 Å². The Morgan fingerprint density at radius 3 is 0.833 bits per heavy atom. The van der Waals surface area contributed by atoms with Gasteiger partial charge < -0.3 is 28.8 Å². The van der Waals surface area contributed by atoms with Crippen LogP contribution in [0.25, 0.3) is 11.1 Å². The van der Waals surface area contributed by atoms with Gasteiger partial charge >= 0.3 is 34.1 Å². The first-order chi connectivity index (χ1) is 11.0. The molecule has 0 amide bonds. The van der Waals surface area contributed by atoms with Crippen LogP contribution in [0.1, 0.15) is 0 Å². The van der Waals surface area contributed by atoms with Gasteiger partial charge in [0.05, 0.1) is 0 Å². The second-order valence-electron chi connectivity index (χ2n) is 2.35. The van der Waals surface area contributed by atoms with Crippen molar-refractivity contribution in [3.63, 3.8) is 0 Å². The van der Waals surface area contributed by atoms with E-state index in [2.05, 4.69) is 89.3 Å². The Balaban J connectivity index is -0.0000000360. The van der Waals surface area contributed by atoms with E-state index in [1.165, 1.54) is 11.1 Å². The molecule has 0 saturated carbocycles. The maximum atomic E-state index is 7.75. The van der Waals surface area contributed by atoms with Crippen LogP contribution in [0, 0.1) is 0 Å². The Morgan fingerprint density at radius 1 is 0.500 bits per heavy atom. The van der Waals surface area contributed by atoms with Crippen molar-refractivity contribution in [2.24, 2.45) is 0 Å². The van der Waals surface area contributed by atoms with E-state index < -0.39 is 0 Å². The molecular weight excluding hydrogens is 400 g/mol. The standard InChI is InChI=1S/C10H8.6CHO.2Fe/c1-2-6-9(5-1)10-7-3-4-8-10;6*1-2;;/h1-8H;6*1H;;/q-2;6*-1;2*+4. The van der Waals surface area contributed by atoms with Crippen molar-refractivity contribution in [1.82, 2.24) is 0 Å². The Bertz CT molecular complexity index is 331. The second-order valence-corrected chi connectivity index (χ2v) is 2.35. The van der Waals surface area contributed by atoms with Gasteiger partial charge in [0.25, 0.3) is 0 Å². The summed E-state index contributed by atoms with van der Waals surface area (Å²) in [6.07, 6.45) is 0. The molecule has 0 spiro atoms. The van der Waals surface area contributed by atoms with Crippen LogP contribution in [0.4, 0.5) is 0 Å². The molecule has 8 heteroatoms. The molecule has 0 aromatic heterocycles. The summed E-state index contributed by atoms with van der Waals surface area (Å²) in [5.74, 6) is 0. The third-order valence-electron chi connectivity index (χ3n) is 1.66. The second kappa shape index (κ2) is 58.6. The Hall–Kier alpha value is -2.24. The largest absolute Gasteiger partial charge is 4.00 e. The summed E-state index contributed by atoms with van der Waals surface area (Å²) in [4.78, 5) is 46.5. The van der Waals surface area contributed by atoms with Crippen LogP contribution in [0.5, 0.6) is 0 Å². The molecule has 0 aliphatic carbocycles. The van der Waals surface area contributed by atoms with Gasteiger partial charge in [-0.25, -0.2) is 23.3 Å². The number of hydrogen-bond acceptors (Lipinski definition) is 6. The van der Waals surface area contributed by atoms with Crippen LogP contribution in [0.2, 0.25) is 0 Å². The van der Waals surface area contributed by atoms with E-state index >= 15 is 0 Å². The molecule has 0 saturated heterocycles. The first-order valence-corrected chi connectivity index (χ1v) is 4.82. The number of rotatable bonds is 1. The number of hydrogen-bond donors (Lipinski definition) is 0. The zero-order valence-corrected chi connectivity index (χ0v) is 14.4. The molecule has 0 fully saturated rings. The first-order valence-electron chi connectivity index (χ1n) is 4.82. The van der Waals surface area contributed by atoms with Gasteiger partial charge in [-0.15, -0.1) is 0 Å². The molecule has 24 heavy (non-hydrogen) atoms. The minimum absolute atomic E-state index is 0. The van der Waals surface area contributed by atoms with Crippen molar-refractivity contribution in [2.45, 2.75) is 0 Å². The van der Waals surface area contributed by atoms with E-state index in [1.54, 1.807) is 0 Å². The third-order valence-corrected chi connectivity index (χ3v) is 1.66. The average molecular weight is 414 g/mol. The summed E-state index contributed by atoms with van der Waals surface area (Å²) in [5, 5.41) is 0. The summed E-state index contributed by atoms with van der Waals surface area (Å²) >= 11 is 0. The van der Waals surface area contributed by atoms with Crippen molar-refractivity contribution < 1.29 is 62.9 Å². The molecule has 0 heterocycles. The van der Waals surface area contributed by atoms with E-state index in [1.807, 2.05) is 0 Å². The Labute approximate surface area is 163 Å². The minimum Gasteiger partial charge on any atom is -0.545 e. The molecule has 0 unspecified atom stereocenters. The van der Waals surface area contributed by atoms with Crippen molar-refractivity contribution in [2.75, 3.05) is 0 Å². The molecule has 0 bridgehead atoms. The van der Waals surface area contributed by atoms with Gasteiger partial charge in [0.1, 0.15) is 0 Å².